The molecule has 0 fully saturated rings. The van der Waals surface area contributed by atoms with Gasteiger partial charge in [0.25, 0.3) is 0 Å². The van der Waals surface area contributed by atoms with E-state index in [0.717, 1.165) is 11.6 Å². The van der Waals surface area contributed by atoms with E-state index in [4.69, 9.17) is 0 Å². The normalized spacial score (nSPS) is 10.3. The number of aromatic amines is 1. The molecule has 3 nitrogen and oxygen atoms in total. The number of aryl methyl sites for hydroxylation is 2. The monoisotopic (exact) mass is 201 g/mol. The Kier molecular flexibility index (Phi) is 2.46. The molecule has 0 saturated carbocycles. The lowest BCUT2D eigenvalue weighted by Crippen LogP contribution is -1.89. The second-order valence-corrected chi connectivity index (χ2v) is 3.69. The van der Waals surface area contributed by atoms with Crippen LogP contribution in [0.5, 0.6) is 0 Å². The number of imidazole rings is 1. The topological polar surface area (TPSA) is 40.7 Å². The van der Waals surface area contributed by atoms with Crippen LogP contribution in [0.25, 0.3) is 11.3 Å². The Labute approximate surface area is 89.6 Å². The van der Waals surface area contributed by atoms with Gasteiger partial charge in [0, 0.05) is 7.05 Å². The maximum Gasteiger partial charge on any atom is 0.200 e. The average molecular weight is 201 g/mol. The summed E-state index contributed by atoms with van der Waals surface area (Å²) in [6.07, 6.45) is 1.84. The summed E-state index contributed by atoms with van der Waals surface area (Å²) in [4.78, 5) is 7.40. The highest BCUT2D eigenvalue weighted by Gasteiger charge is 2.02. The molecule has 78 valence electrons. The first-order chi connectivity index (χ1) is 7.20. The van der Waals surface area contributed by atoms with E-state index in [1.165, 1.54) is 16.7 Å². The molecule has 1 aromatic heterocycles. The fourth-order valence-corrected chi connectivity index (χ4v) is 1.50. The third-order valence-electron chi connectivity index (χ3n) is 2.63. The Morgan fingerprint density at radius 3 is 2.60 bits per heavy atom. The van der Waals surface area contributed by atoms with Crippen molar-refractivity contribution in [2.75, 3.05) is 12.4 Å². The van der Waals surface area contributed by atoms with Gasteiger partial charge in [-0.15, -0.1) is 0 Å². The van der Waals surface area contributed by atoms with E-state index in [2.05, 4.69) is 47.3 Å². The second-order valence-electron chi connectivity index (χ2n) is 3.69. The van der Waals surface area contributed by atoms with Crippen LogP contribution in [0, 0.1) is 13.8 Å². The van der Waals surface area contributed by atoms with Crippen molar-refractivity contribution in [2.45, 2.75) is 13.8 Å². The lowest BCUT2D eigenvalue weighted by Gasteiger charge is -2.02. The standard InChI is InChI=1S/C12H15N3/c1-8-4-5-10(6-9(8)2)11-7-14-12(13-3)15-11/h4-7H,1-3H3,(H2,13,14,15). The molecule has 0 radical (unpaired) electrons. The minimum absolute atomic E-state index is 0.795. The summed E-state index contributed by atoms with van der Waals surface area (Å²) in [6.45, 7) is 4.24. The van der Waals surface area contributed by atoms with Gasteiger partial charge in [-0.05, 0) is 36.6 Å². The summed E-state index contributed by atoms with van der Waals surface area (Å²) in [5.74, 6) is 0.795. The average Bonchev–Trinajstić information content (AvgIpc) is 2.70. The summed E-state index contributed by atoms with van der Waals surface area (Å²) < 4.78 is 0. The van der Waals surface area contributed by atoms with Gasteiger partial charge in [-0.25, -0.2) is 4.98 Å². The molecule has 0 amide bonds. The quantitative estimate of drug-likeness (QED) is 0.784. The summed E-state index contributed by atoms with van der Waals surface area (Å²) >= 11 is 0. The van der Waals surface area contributed by atoms with Gasteiger partial charge in [0.2, 0.25) is 0 Å². The SMILES string of the molecule is CNc1ncc(-c2ccc(C)c(C)c2)[nH]1. The van der Waals surface area contributed by atoms with Crippen molar-refractivity contribution in [3.63, 3.8) is 0 Å². The van der Waals surface area contributed by atoms with E-state index in [-0.39, 0.29) is 0 Å². The Balaban J connectivity index is 2.40. The molecule has 2 aromatic rings. The smallest absolute Gasteiger partial charge is 0.200 e. The number of nitrogens with one attached hydrogen (secondary N) is 2. The third kappa shape index (κ3) is 1.86. The predicted molar refractivity (Wildman–Crippen MR) is 63.0 cm³/mol. The van der Waals surface area contributed by atoms with Crippen molar-refractivity contribution in [1.82, 2.24) is 9.97 Å². The molecule has 0 aliphatic carbocycles. The van der Waals surface area contributed by atoms with Crippen molar-refractivity contribution in [2.24, 2.45) is 0 Å². The van der Waals surface area contributed by atoms with Gasteiger partial charge in [-0.2, -0.15) is 0 Å². The van der Waals surface area contributed by atoms with E-state index in [1.807, 2.05) is 13.2 Å². The zero-order chi connectivity index (χ0) is 10.8. The molecule has 0 atom stereocenters. The molecule has 0 aliphatic rings. The Morgan fingerprint density at radius 2 is 2.00 bits per heavy atom. The fourth-order valence-electron chi connectivity index (χ4n) is 1.50. The molecule has 2 N–H and O–H groups in total. The number of benzene rings is 1. The van der Waals surface area contributed by atoms with E-state index in [1.54, 1.807) is 0 Å². The van der Waals surface area contributed by atoms with Crippen molar-refractivity contribution < 1.29 is 0 Å². The van der Waals surface area contributed by atoms with Crippen molar-refractivity contribution in [3.05, 3.63) is 35.5 Å². The zero-order valence-corrected chi connectivity index (χ0v) is 9.26. The molecule has 3 heteroatoms. The molecular formula is C12H15N3. The van der Waals surface area contributed by atoms with Gasteiger partial charge in [0.05, 0.1) is 11.9 Å². The molecule has 0 saturated heterocycles. The van der Waals surface area contributed by atoms with Crippen LogP contribution in [0.4, 0.5) is 5.95 Å². The molecule has 0 bridgehead atoms. The lowest BCUT2D eigenvalue weighted by atomic mass is 10.1. The summed E-state index contributed by atoms with van der Waals surface area (Å²) in [6, 6.07) is 6.40. The largest absolute Gasteiger partial charge is 0.359 e. The van der Waals surface area contributed by atoms with Crippen LogP contribution in [0.1, 0.15) is 11.1 Å². The van der Waals surface area contributed by atoms with Gasteiger partial charge in [-0.3, -0.25) is 0 Å². The molecular weight excluding hydrogens is 186 g/mol. The van der Waals surface area contributed by atoms with Gasteiger partial charge >= 0.3 is 0 Å². The van der Waals surface area contributed by atoms with Crippen LogP contribution in [0.2, 0.25) is 0 Å². The van der Waals surface area contributed by atoms with E-state index in [9.17, 15) is 0 Å². The molecule has 0 unspecified atom stereocenters. The first-order valence-electron chi connectivity index (χ1n) is 5.01. The van der Waals surface area contributed by atoms with E-state index in [0.29, 0.717) is 0 Å². The molecule has 0 spiro atoms. The first kappa shape index (κ1) is 9.77. The van der Waals surface area contributed by atoms with Gasteiger partial charge in [-0.1, -0.05) is 12.1 Å². The fraction of sp³-hybridized carbons (Fsp3) is 0.250. The molecule has 0 aliphatic heterocycles. The highest BCUT2D eigenvalue weighted by molar-refractivity contribution is 5.61. The van der Waals surface area contributed by atoms with Gasteiger partial charge < -0.3 is 10.3 Å². The third-order valence-corrected chi connectivity index (χ3v) is 2.63. The first-order valence-corrected chi connectivity index (χ1v) is 5.01. The molecule has 1 heterocycles. The number of anilines is 1. The minimum Gasteiger partial charge on any atom is -0.359 e. The van der Waals surface area contributed by atoms with Crippen molar-refractivity contribution in [1.29, 1.82) is 0 Å². The number of aromatic nitrogens is 2. The minimum atomic E-state index is 0.795. The summed E-state index contributed by atoms with van der Waals surface area (Å²) in [7, 11) is 1.85. The molecule has 2 rings (SSSR count). The Morgan fingerprint density at radius 1 is 1.20 bits per heavy atom. The maximum absolute atomic E-state index is 4.20. The number of H-pyrrole nitrogens is 1. The van der Waals surface area contributed by atoms with Gasteiger partial charge in [0.15, 0.2) is 5.95 Å². The lowest BCUT2D eigenvalue weighted by molar-refractivity contribution is 1.26. The van der Waals surface area contributed by atoms with Crippen LogP contribution in [-0.4, -0.2) is 17.0 Å². The van der Waals surface area contributed by atoms with E-state index >= 15 is 0 Å². The van der Waals surface area contributed by atoms with Crippen LogP contribution in [0.3, 0.4) is 0 Å². The number of hydrogen-bond acceptors (Lipinski definition) is 2. The molecule has 15 heavy (non-hydrogen) atoms. The summed E-state index contributed by atoms with van der Waals surface area (Å²) in [5.41, 5.74) is 4.83. The zero-order valence-electron chi connectivity index (χ0n) is 9.26. The van der Waals surface area contributed by atoms with Crippen LogP contribution >= 0.6 is 0 Å². The number of rotatable bonds is 2. The molecule has 1 aromatic carbocycles. The summed E-state index contributed by atoms with van der Waals surface area (Å²) in [5, 5.41) is 2.98. The second kappa shape index (κ2) is 3.77. The number of nitrogens with zero attached hydrogens (tertiary/aromatic N) is 1. The van der Waals surface area contributed by atoms with E-state index < -0.39 is 0 Å². The van der Waals surface area contributed by atoms with Crippen LogP contribution in [-0.2, 0) is 0 Å². The Hall–Kier alpha value is -1.77. The Bertz CT molecular complexity index is 471. The van der Waals surface area contributed by atoms with Gasteiger partial charge in [0.1, 0.15) is 0 Å². The maximum atomic E-state index is 4.20. The highest BCUT2D eigenvalue weighted by Crippen LogP contribution is 2.21. The van der Waals surface area contributed by atoms with Crippen LogP contribution in [0.15, 0.2) is 24.4 Å². The van der Waals surface area contributed by atoms with Crippen molar-refractivity contribution in [3.8, 4) is 11.3 Å². The predicted octanol–water partition coefficient (Wildman–Crippen LogP) is 2.74. The highest BCUT2D eigenvalue weighted by atomic mass is 15.1. The van der Waals surface area contributed by atoms with Crippen molar-refractivity contribution >= 4 is 5.95 Å². The number of hydrogen-bond donors (Lipinski definition) is 2. The van der Waals surface area contributed by atoms with Crippen LogP contribution < -0.4 is 5.32 Å².